The molecule has 0 aliphatic carbocycles. The highest BCUT2D eigenvalue weighted by Crippen LogP contribution is 2.52. The summed E-state index contributed by atoms with van der Waals surface area (Å²) in [7, 11) is 0. The van der Waals surface area contributed by atoms with Crippen molar-refractivity contribution in [2.75, 3.05) is 4.90 Å². The van der Waals surface area contributed by atoms with E-state index in [4.69, 9.17) is 6.85 Å². The number of benzene rings is 10. The van der Waals surface area contributed by atoms with Gasteiger partial charge in [-0.1, -0.05) is 200 Å². The van der Waals surface area contributed by atoms with Gasteiger partial charge in [0.15, 0.2) is 0 Å². The van der Waals surface area contributed by atoms with Gasteiger partial charge in [0.1, 0.15) is 0 Å². The maximum Gasteiger partial charge on any atom is 0.0645 e. The van der Waals surface area contributed by atoms with Crippen molar-refractivity contribution in [2.24, 2.45) is 0 Å². The SMILES string of the molecule is [2H]c1c([2H])c([2H])c(N(c2ccccc2)c2ccc(-c3ccc4c(-c5ccccc5)c(-c5ccccc5)c(-c5ccccc5)c(-c5ccccc5)c4c3)c3ccccc23)c([2H])c1[2H]. The van der Waals surface area contributed by atoms with E-state index in [1.54, 1.807) is 4.90 Å². The summed E-state index contributed by atoms with van der Waals surface area (Å²) in [5.41, 5.74) is 12.6. The largest absolute Gasteiger partial charge is 0.310 e. The summed E-state index contributed by atoms with van der Waals surface area (Å²) in [5.74, 6) is 0. The zero-order valence-electron chi connectivity index (χ0n) is 36.1. The molecule has 0 saturated carbocycles. The molecule has 0 radical (unpaired) electrons. The van der Waals surface area contributed by atoms with Gasteiger partial charge in [0.2, 0.25) is 0 Å². The molecule has 0 heterocycles. The lowest BCUT2D eigenvalue weighted by atomic mass is 9.78. The zero-order valence-corrected chi connectivity index (χ0v) is 31.1. The van der Waals surface area contributed by atoms with Gasteiger partial charge in [0, 0.05) is 16.8 Å². The molecule has 0 amide bonds. The van der Waals surface area contributed by atoms with Gasteiger partial charge >= 0.3 is 0 Å². The van der Waals surface area contributed by atoms with Crippen LogP contribution in [0.3, 0.4) is 0 Å². The summed E-state index contributed by atoms with van der Waals surface area (Å²) < 4.78 is 43.5. The predicted octanol–water partition coefficient (Wildman–Crippen LogP) is 15.8. The van der Waals surface area contributed by atoms with E-state index in [-0.39, 0.29) is 29.9 Å². The fraction of sp³-hybridized carbons (Fsp3) is 0. The number of fused-ring (bicyclic) bond motifs is 2. The summed E-state index contributed by atoms with van der Waals surface area (Å²) in [6, 6.07) is 69.6. The Morgan fingerprint density at radius 3 is 1.30 bits per heavy atom. The Morgan fingerprint density at radius 2 is 0.754 bits per heavy atom. The van der Waals surface area contributed by atoms with Gasteiger partial charge in [0.25, 0.3) is 0 Å². The molecule has 57 heavy (non-hydrogen) atoms. The number of rotatable bonds is 8. The quantitative estimate of drug-likeness (QED) is 0.150. The molecule has 10 aromatic rings. The second-order valence-corrected chi connectivity index (χ2v) is 14.0. The molecule has 1 nitrogen and oxygen atoms in total. The first-order valence-corrected chi connectivity index (χ1v) is 19.2. The summed E-state index contributed by atoms with van der Waals surface area (Å²) in [5, 5.41) is 4.09. The Bertz CT molecular complexity index is 3240. The minimum atomic E-state index is -0.426. The third-order valence-corrected chi connectivity index (χ3v) is 10.7. The number of hydrogen-bond donors (Lipinski definition) is 0. The van der Waals surface area contributed by atoms with Crippen molar-refractivity contribution in [1.29, 1.82) is 0 Å². The van der Waals surface area contributed by atoms with Gasteiger partial charge in [-0.15, -0.1) is 0 Å². The van der Waals surface area contributed by atoms with E-state index in [0.29, 0.717) is 11.4 Å². The zero-order chi connectivity index (χ0) is 42.3. The van der Waals surface area contributed by atoms with Crippen LogP contribution in [0.1, 0.15) is 6.85 Å². The van der Waals surface area contributed by atoms with Crippen molar-refractivity contribution in [3.05, 3.63) is 236 Å². The van der Waals surface area contributed by atoms with E-state index in [0.717, 1.165) is 71.6 Å². The number of nitrogens with zero attached hydrogens (tertiary/aromatic N) is 1. The second-order valence-electron chi connectivity index (χ2n) is 14.0. The van der Waals surface area contributed by atoms with Gasteiger partial charge in [-0.2, -0.15) is 0 Å². The van der Waals surface area contributed by atoms with E-state index in [9.17, 15) is 0 Å². The van der Waals surface area contributed by atoms with Crippen LogP contribution < -0.4 is 4.90 Å². The van der Waals surface area contributed by atoms with Crippen molar-refractivity contribution < 1.29 is 6.85 Å². The van der Waals surface area contributed by atoms with Crippen molar-refractivity contribution in [2.45, 2.75) is 0 Å². The summed E-state index contributed by atoms with van der Waals surface area (Å²) >= 11 is 0. The van der Waals surface area contributed by atoms with Crippen LogP contribution in [0.4, 0.5) is 17.1 Å². The highest BCUT2D eigenvalue weighted by molar-refractivity contribution is 6.19. The van der Waals surface area contributed by atoms with Crippen molar-refractivity contribution in [3.63, 3.8) is 0 Å². The maximum absolute atomic E-state index is 9.03. The third-order valence-electron chi connectivity index (χ3n) is 10.7. The Labute approximate surface area is 341 Å². The molecule has 10 rings (SSSR count). The van der Waals surface area contributed by atoms with E-state index >= 15 is 0 Å². The highest BCUT2D eigenvalue weighted by Gasteiger charge is 2.25. The van der Waals surface area contributed by atoms with Gasteiger partial charge < -0.3 is 4.90 Å². The summed E-state index contributed by atoms with van der Waals surface area (Å²) in [6.07, 6.45) is 0. The van der Waals surface area contributed by atoms with Crippen LogP contribution in [0.25, 0.3) is 77.2 Å². The maximum atomic E-state index is 9.03. The van der Waals surface area contributed by atoms with Crippen LogP contribution in [-0.2, 0) is 0 Å². The summed E-state index contributed by atoms with van der Waals surface area (Å²) in [6.45, 7) is 0. The molecule has 10 aromatic carbocycles. The molecule has 0 unspecified atom stereocenters. The van der Waals surface area contributed by atoms with Gasteiger partial charge in [-0.3, -0.25) is 0 Å². The first kappa shape index (κ1) is 28.9. The number of hydrogen-bond acceptors (Lipinski definition) is 1. The average Bonchev–Trinajstić information content (AvgIpc) is 3.34. The lowest BCUT2D eigenvalue weighted by Gasteiger charge is -2.27. The van der Waals surface area contributed by atoms with Crippen LogP contribution in [0, 0.1) is 0 Å². The minimum Gasteiger partial charge on any atom is -0.310 e. The molecule has 0 aliphatic heterocycles. The molecule has 0 spiro atoms. The molecule has 0 aromatic heterocycles. The molecule has 0 saturated heterocycles. The standard InChI is InChI=1S/C56H39N/c1-7-21-40(22-8-1)53-50-36-35-44(47-37-38-52(49-34-20-19-33-48(47)49)57(45-29-15-5-16-30-45)46-31-17-6-18-32-46)39-51(50)54(41-23-9-2-10-24-41)56(43-27-13-4-14-28-43)55(53)42-25-11-3-12-26-42/h1-39H/i5D,15D,16D,29D,30D. The van der Waals surface area contributed by atoms with E-state index in [1.807, 2.05) is 54.6 Å². The number of anilines is 3. The molecule has 0 fully saturated rings. The van der Waals surface area contributed by atoms with Crippen molar-refractivity contribution in [3.8, 4) is 55.6 Å². The van der Waals surface area contributed by atoms with Crippen molar-refractivity contribution >= 4 is 38.6 Å². The van der Waals surface area contributed by atoms with Crippen molar-refractivity contribution in [1.82, 2.24) is 0 Å². The predicted molar refractivity (Wildman–Crippen MR) is 243 cm³/mol. The van der Waals surface area contributed by atoms with Gasteiger partial charge in [-0.05, 0) is 108 Å². The van der Waals surface area contributed by atoms with E-state index < -0.39 is 6.04 Å². The lowest BCUT2D eigenvalue weighted by molar-refractivity contribution is 1.30. The fourth-order valence-corrected chi connectivity index (χ4v) is 8.30. The Balaban J connectivity index is 1.29. The first-order chi connectivity index (χ1) is 30.4. The molecular weight excluding hydrogens is 687 g/mol. The van der Waals surface area contributed by atoms with Crippen LogP contribution in [-0.4, -0.2) is 0 Å². The highest BCUT2D eigenvalue weighted by atomic mass is 15.1. The fourth-order valence-electron chi connectivity index (χ4n) is 8.30. The first-order valence-electron chi connectivity index (χ1n) is 21.7. The summed E-state index contributed by atoms with van der Waals surface area (Å²) in [4.78, 5) is 1.80. The van der Waals surface area contributed by atoms with E-state index in [2.05, 4.69) is 152 Å². The molecular formula is C56H39N. The Kier molecular flexibility index (Phi) is 7.59. The minimum absolute atomic E-state index is 0.0921. The Morgan fingerprint density at radius 1 is 0.298 bits per heavy atom. The molecule has 0 aliphatic rings. The normalized spacial score (nSPS) is 12.4. The van der Waals surface area contributed by atoms with Gasteiger partial charge in [0.05, 0.1) is 12.5 Å². The second kappa shape index (κ2) is 15.0. The molecule has 268 valence electrons. The van der Waals surface area contributed by atoms with Crippen LogP contribution in [0.5, 0.6) is 0 Å². The average molecular weight is 731 g/mol. The molecule has 0 atom stereocenters. The van der Waals surface area contributed by atoms with Crippen LogP contribution in [0.2, 0.25) is 0 Å². The third kappa shape index (κ3) is 6.26. The Hall–Kier alpha value is -7.48. The monoisotopic (exact) mass is 730 g/mol. The molecule has 1 heteroatoms. The van der Waals surface area contributed by atoms with Crippen LogP contribution in [0.15, 0.2) is 236 Å². The topological polar surface area (TPSA) is 3.24 Å². The van der Waals surface area contributed by atoms with E-state index in [1.165, 1.54) is 5.56 Å². The lowest BCUT2D eigenvalue weighted by Crippen LogP contribution is -2.10. The molecule has 0 bridgehead atoms. The molecule has 0 N–H and O–H groups in total. The van der Waals surface area contributed by atoms with Crippen LogP contribution >= 0.6 is 0 Å². The smallest absolute Gasteiger partial charge is 0.0645 e. The number of para-hydroxylation sites is 2. The van der Waals surface area contributed by atoms with Gasteiger partial charge in [-0.25, -0.2) is 0 Å².